The van der Waals surface area contributed by atoms with Crippen molar-refractivity contribution in [1.29, 1.82) is 0 Å². The molecule has 0 unspecified atom stereocenters. The highest BCUT2D eigenvalue weighted by atomic mass is 16.4. The molecule has 8 heteroatoms. The molecule has 2 rings (SSSR count). The molecule has 0 saturated heterocycles. The Bertz CT molecular complexity index is 722. The number of pyridine rings is 1. The van der Waals surface area contributed by atoms with E-state index in [1.54, 1.807) is 16.5 Å². The lowest BCUT2D eigenvalue weighted by atomic mass is 10.2. The van der Waals surface area contributed by atoms with E-state index in [1.807, 2.05) is 13.0 Å². The summed E-state index contributed by atoms with van der Waals surface area (Å²) in [5.74, 6) is -3.45. The second-order valence-corrected chi connectivity index (χ2v) is 4.48. The summed E-state index contributed by atoms with van der Waals surface area (Å²) in [5, 5.41) is 19.7. The van der Waals surface area contributed by atoms with Crippen LogP contribution in [0.4, 0.5) is 0 Å². The average Bonchev–Trinajstić information content (AvgIpc) is 2.82. The van der Waals surface area contributed by atoms with E-state index in [0.29, 0.717) is 5.65 Å². The molecule has 2 heterocycles. The van der Waals surface area contributed by atoms with E-state index < -0.39 is 30.3 Å². The van der Waals surface area contributed by atoms with E-state index in [-0.39, 0.29) is 5.69 Å². The first kappa shape index (κ1) is 14.5. The van der Waals surface area contributed by atoms with E-state index in [4.69, 9.17) is 10.2 Å². The molecule has 8 nitrogen and oxygen atoms in total. The molecule has 110 valence electrons. The van der Waals surface area contributed by atoms with Gasteiger partial charge in [0.05, 0.1) is 6.42 Å². The standard InChI is InChI=1S/C13H13N3O5/c1-7-3-2-4-10-14-9(6-16(7)10)12(19)15-8(13(20)21)5-11(17)18/h2-4,6,8H,5H2,1H3,(H,15,19)(H,17,18)(H,20,21)/t8-/m1/s1. The molecule has 0 radical (unpaired) electrons. The number of hydrogen-bond acceptors (Lipinski definition) is 4. The number of aryl methyl sites for hydroxylation is 1. The van der Waals surface area contributed by atoms with Crippen LogP contribution in [0.15, 0.2) is 24.4 Å². The molecular formula is C13H13N3O5. The van der Waals surface area contributed by atoms with Crippen molar-refractivity contribution in [3.05, 3.63) is 35.8 Å². The minimum absolute atomic E-state index is 0.0286. The highest BCUT2D eigenvalue weighted by Gasteiger charge is 2.24. The van der Waals surface area contributed by atoms with Crippen molar-refractivity contribution in [2.45, 2.75) is 19.4 Å². The van der Waals surface area contributed by atoms with E-state index in [0.717, 1.165) is 5.69 Å². The van der Waals surface area contributed by atoms with Crippen LogP contribution in [0.3, 0.4) is 0 Å². The summed E-state index contributed by atoms with van der Waals surface area (Å²) >= 11 is 0. The van der Waals surface area contributed by atoms with Crippen molar-refractivity contribution in [2.75, 3.05) is 0 Å². The largest absolute Gasteiger partial charge is 0.481 e. The second-order valence-electron chi connectivity index (χ2n) is 4.48. The number of carbonyl (C=O) groups is 3. The van der Waals surface area contributed by atoms with Gasteiger partial charge >= 0.3 is 11.9 Å². The summed E-state index contributed by atoms with van der Waals surface area (Å²) in [4.78, 5) is 37.6. The van der Waals surface area contributed by atoms with E-state index in [1.165, 1.54) is 6.20 Å². The van der Waals surface area contributed by atoms with Crippen molar-refractivity contribution in [2.24, 2.45) is 0 Å². The van der Waals surface area contributed by atoms with Crippen molar-refractivity contribution < 1.29 is 24.6 Å². The zero-order valence-electron chi connectivity index (χ0n) is 11.1. The lowest BCUT2D eigenvalue weighted by molar-refractivity contribution is -0.145. The van der Waals surface area contributed by atoms with E-state index in [9.17, 15) is 14.4 Å². The zero-order valence-corrected chi connectivity index (χ0v) is 11.1. The number of carboxylic acid groups (broad SMARTS) is 2. The van der Waals surface area contributed by atoms with Gasteiger partial charge in [-0.3, -0.25) is 9.59 Å². The summed E-state index contributed by atoms with van der Waals surface area (Å²) in [7, 11) is 0. The van der Waals surface area contributed by atoms with E-state index >= 15 is 0 Å². The van der Waals surface area contributed by atoms with Crippen LogP contribution in [0.25, 0.3) is 5.65 Å². The van der Waals surface area contributed by atoms with E-state index in [2.05, 4.69) is 10.3 Å². The molecule has 1 atom stereocenters. The Kier molecular flexibility index (Phi) is 3.88. The van der Waals surface area contributed by atoms with Gasteiger partial charge in [-0.1, -0.05) is 6.07 Å². The number of carbonyl (C=O) groups excluding carboxylic acids is 1. The minimum Gasteiger partial charge on any atom is -0.481 e. The maximum Gasteiger partial charge on any atom is 0.326 e. The van der Waals surface area contributed by atoms with Gasteiger partial charge < -0.3 is 19.9 Å². The van der Waals surface area contributed by atoms with Crippen molar-refractivity contribution in [1.82, 2.24) is 14.7 Å². The van der Waals surface area contributed by atoms with Gasteiger partial charge in [0, 0.05) is 11.9 Å². The van der Waals surface area contributed by atoms with Gasteiger partial charge in [0.15, 0.2) is 0 Å². The minimum atomic E-state index is -1.50. The summed E-state index contributed by atoms with van der Waals surface area (Å²) in [6, 6.07) is 3.82. The number of hydrogen-bond donors (Lipinski definition) is 3. The molecule has 0 fully saturated rings. The highest BCUT2D eigenvalue weighted by Crippen LogP contribution is 2.08. The molecule has 0 aromatic carbocycles. The number of imidazole rings is 1. The van der Waals surface area contributed by atoms with Crippen molar-refractivity contribution >= 4 is 23.5 Å². The predicted octanol–water partition coefficient (Wildman–Crippen LogP) is 0.300. The van der Waals surface area contributed by atoms with Gasteiger partial charge in [0.25, 0.3) is 5.91 Å². The molecule has 1 amide bonds. The number of nitrogens with zero attached hydrogens (tertiary/aromatic N) is 2. The average molecular weight is 291 g/mol. The molecule has 0 bridgehead atoms. The lowest BCUT2D eigenvalue weighted by Gasteiger charge is -2.10. The molecule has 0 aliphatic rings. The van der Waals surface area contributed by atoms with Crippen LogP contribution in [0.2, 0.25) is 0 Å². The quantitative estimate of drug-likeness (QED) is 0.728. The fourth-order valence-electron chi connectivity index (χ4n) is 1.86. The predicted molar refractivity (Wildman–Crippen MR) is 71.1 cm³/mol. The van der Waals surface area contributed by atoms with Crippen molar-refractivity contribution in [3.63, 3.8) is 0 Å². The number of rotatable bonds is 5. The smallest absolute Gasteiger partial charge is 0.326 e. The number of aromatic nitrogens is 2. The SMILES string of the molecule is Cc1cccc2nc(C(=O)N[C@H](CC(=O)O)C(=O)O)cn12. The Labute approximate surface area is 119 Å². The molecule has 0 saturated carbocycles. The van der Waals surface area contributed by atoms with Crippen LogP contribution in [0.1, 0.15) is 22.6 Å². The maximum atomic E-state index is 12.0. The van der Waals surface area contributed by atoms with Crippen LogP contribution in [0, 0.1) is 6.92 Å². The summed E-state index contributed by atoms with van der Waals surface area (Å²) in [6.45, 7) is 1.83. The molecule has 3 N–H and O–H groups in total. The maximum absolute atomic E-state index is 12.0. The first-order valence-electron chi connectivity index (χ1n) is 6.08. The molecule has 0 aliphatic heterocycles. The third-order valence-corrected chi connectivity index (χ3v) is 2.91. The highest BCUT2D eigenvalue weighted by molar-refractivity contribution is 5.96. The first-order chi connectivity index (χ1) is 9.88. The number of fused-ring (bicyclic) bond motifs is 1. The lowest BCUT2D eigenvalue weighted by Crippen LogP contribution is -2.42. The van der Waals surface area contributed by atoms with Gasteiger partial charge in [-0.15, -0.1) is 0 Å². The first-order valence-corrected chi connectivity index (χ1v) is 6.08. The Balaban J connectivity index is 2.23. The second kappa shape index (κ2) is 5.61. The number of aliphatic carboxylic acids is 2. The molecule has 2 aromatic heterocycles. The Hall–Kier alpha value is -2.90. The Morgan fingerprint density at radius 1 is 1.33 bits per heavy atom. The van der Waals surface area contributed by atoms with Gasteiger partial charge in [0.2, 0.25) is 0 Å². The van der Waals surface area contributed by atoms with Crippen molar-refractivity contribution in [3.8, 4) is 0 Å². The number of carboxylic acids is 2. The number of nitrogens with one attached hydrogen (secondary N) is 1. The third kappa shape index (κ3) is 3.16. The van der Waals surface area contributed by atoms with Gasteiger partial charge in [-0.05, 0) is 19.1 Å². The normalized spacial score (nSPS) is 12.0. The summed E-state index contributed by atoms with van der Waals surface area (Å²) in [5.41, 5.74) is 1.44. The topological polar surface area (TPSA) is 121 Å². The fraction of sp³-hybridized carbons (Fsp3) is 0.231. The third-order valence-electron chi connectivity index (χ3n) is 2.91. The molecule has 0 aliphatic carbocycles. The molecule has 2 aromatic rings. The fourth-order valence-corrected chi connectivity index (χ4v) is 1.86. The molecular weight excluding hydrogens is 278 g/mol. The van der Waals surface area contributed by atoms with Crippen LogP contribution in [-0.4, -0.2) is 43.5 Å². The molecule has 0 spiro atoms. The van der Waals surface area contributed by atoms with Gasteiger partial charge in [0.1, 0.15) is 17.4 Å². The van der Waals surface area contributed by atoms with Crippen LogP contribution < -0.4 is 5.32 Å². The molecule has 21 heavy (non-hydrogen) atoms. The van der Waals surface area contributed by atoms with Crippen LogP contribution >= 0.6 is 0 Å². The monoisotopic (exact) mass is 291 g/mol. The number of amides is 1. The Morgan fingerprint density at radius 2 is 2.05 bits per heavy atom. The Morgan fingerprint density at radius 3 is 2.62 bits per heavy atom. The zero-order chi connectivity index (χ0) is 15.6. The summed E-state index contributed by atoms with van der Waals surface area (Å²) < 4.78 is 1.68. The van der Waals surface area contributed by atoms with Gasteiger partial charge in [-0.2, -0.15) is 0 Å². The summed E-state index contributed by atoms with van der Waals surface area (Å²) in [6.07, 6.45) is 0.771. The van der Waals surface area contributed by atoms with Gasteiger partial charge in [-0.25, -0.2) is 9.78 Å². The van der Waals surface area contributed by atoms with Crippen LogP contribution in [0.5, 0.6) is 0 Å². The van der Waals surface area contributed by atoms with Crippen LogP contribution in [-0.2, 0) is 9.59 Å².